The summed E-state index contributed by atoms with van der Waals surface area (Å²) in [6.45, 7) is 18.7. The van der Waals surface area contributed by atoms with Crippen LogP contribution in [0, 0.1) is 20.8 Å². The van der Waals surface area contributed by atoms with Crippen LogP contribution in [0.2, 0.25) is 18.1 Å². The van der Waals surface area contributed by atoms with Crippen LogP contribution in [0.1, 0.15) is 63.5 Å². The van der Waals surface area contributed by atoms with E-state index in [0.717, 1.165) is 12.0 Å². The van der Waals surface area contributed by atoms with Crippen LogP contribution in [0.4, 0.5) is 0 Å². The summed E-state index contributed by atoms with van der Waals surface area (Å²) in [5, 5.41) is 0.0875. The van der Waals surface area contributed by atoms with Crippen LogP contribution in [-0.2, 0) is 19.3 Å². The average molecular weight is 547 g/mol. The first-order valence-corrected chi connectivity index (χ1v) is 17.0. The molecule has 1 fully saturated rings. The molecule has 3 aromatic rings. The molecule has 37 heavy (non-hydrogen) atoms. The van der Waals surface area contributed by atoms with E-state index in [1.165, 1.54) is 6.33 Å². The van der Waals surface area contributed by atoms with Crippen molar-refractivity contribution in [2.75, 3.05) is 0 Å². The predicted octanol–water partition coefficient (Wildman–Crippen LogP) is 5.61. The minimum atomic E-state index is -4.13. The molecule has 0 N–H and O–H groups in total. The van der Waals surface area contributed by atoms with E-state index in [1.807, 2.05) is 23.6 Å². The van der Waals surface area contributed by atoms with Gasteiger partial charge in [-0.2, -0.15) is 13.4 Å². The van der Waals surface area contributed by atoms with Gasteiger partial charge >= 0.3 is 10.1 Å². The summed E-state index contributed by atoms with van der Waals surface area (Å²) in [6, 6.07) is 3.63. The zero-order valence-electron chi connectivity index (χ0n) is 23.2. The summed E-state index contributed by atoms with van der Waals surface area (Å²) in [5.41, 5.74) is 2.93. The summed E-state index contributed by atoms with van der Waals surface area (Å²) in [7, 11) is -6.13. The Morgan fingerprint density at radius 2 is 1.76 bits per heavy atom. The number of benzene rings is 1. The molecule has 0 amide bonds. The maximum Gasteiger partial charge on any atom is 0.341 e. The van der Waals surface area contributed by atoms with Crippen molar-refractivity contribution < 1.29 is 21.8 Å². The van der Waals surface area contributed by atoms with Gasteiger partial charge in [0.05, 0.1) is 18.5 Å². The first-order valence-electron chi connectivity index (χ1n) is 12.7. The van der Waals surface area contributed by atoms with Crippen molar-refractivity contribution in [1.29, 1.82) is 0 Å². The van der Waals surface area contributed by atoms with Gasteiger partial charge in [0.25, 0.3) is 5.88 Å². The second-order valence-electron chi connectivity index (χ2n) is 11.5. The molecule has 4 rings (SSSR count). The second-order valence-corrected chi connectivity index (χ2v) is 17.7. The largest absolute Gasteiger partial charge is 0.411 e. The molecule has 0 spiro atoms. The van der Waals surface area contributed by atoms with Gasteiger partial charge < -0.3 is 13.3 Å². The van der Waals surface area contributed by atoms with Crippen LogP contribution in [0.25, 0.3) is 11.2 Å². The number of fused-ring (bicyclic) bond motifs is 1. The van der Waals surface area contributed by atoms with Crippen molar-refractivity contribution in [3.8, 4) is 5.88 Å². The SMILES string of the molecule is CC[C@H]1O[C@@H](n2cnc3c(OS(=O)(=O)c4c(C)cc(C)cc4C)ncnc32)CC1O[Si](C)(C)C(C)(C)C. The monoisotopic (exact) mass is 546 g/mol. The minimum absolute atomic E-state index is 0.0428. The Hall–Kier alpha value is -2.34. The third kappa shape index (κ3) is 5.32. The van der Waals surface area contributed by atoms with E-state index in [2.05, 4.69) is 55.7 Å². The van der Waals surface area contributed by atoms with Gasteiger partial charge in [0.2, 0.25) is 0 Å². The molecule has 1 aliphatic heterocycles. The van der Waals surface area contributed by atoms with Gasteiger partial charge in [0.1, 0.15) is 17.5 Å². The van der Waals surface area contributed by atoms with E-state index in [1.54, 1.807) is 20.2 Å². The van der Waals surface area contributed by atoms with E-state index >= 15 is 0 Å². The number of imidazole rings is 1. The van der Waals surface area contributed by atoms with Crippen molar-refractivity contribution >= 4 is 29.6 Å². The van der Waals surface area contributed by atoms with Gasteiger partial charge in [-0.25, -0.2) is 9.97 Å². The fraction of sp³-hybridized carbons (Fsp3) is 0.577. The summed E-state index contributed by atoms with van der Waals surface area (Å²) in [5.74, 6) is -0.109. The third-order valence-corrected chi connectivity index (χ3v) is 13.5. The molecule has 202 valence electrons. The molecule has 0 aliphatic carbocycles. The molecule has 0 saturated carbocycles. The van der Waals surface area contributed by atoms with E-state index in [-0.39, 0.29) is 39.8 Å². The fourth-order valence-corrected chi connectivity index (χ4v) is 7.40. The summed E-state index contributed by atoms with van der Waals surface area (Å²) in [4.78, 5) is 13.1. The van der Waals surface area contributed by atoms with Crippen LogP contribution < -0.4 is 4.18 Å². The molecule has 0 bridgehead atoms. The number of hydrogen-bond acceptors (Lipinski definition) is 8. The molecule has 9 nitrogen and oxygen atoms in total. The summed E-state index contributed by atoms with van der Waals surface area (Å²) >= 11 is 0. The minimum Gasteiger partial charge on any atom is -0.411 e. The van der Waals surface area contributed by atoms with Crippen molar-refractivity contribution in [2.45, 2.75) is 103 Å². The van der Waals surface area contributed by atoms with Crippen LogP contribution >= 0.6 is 0 Å². The lowest BCUT2D eigenvalue weighted by atomic mass is 10.1. The lowest BCUT2D eigenvalue weighted by Crippen LogP contribution is -2.45. The maximum absolute atomic E-state index is 13.2. The average Bonchev–Trinajstić information content (AvgIpc) is 3.35. The van der Waals surface area contributed by atoms with Crippen LogP contribution in [0.3, 0.4) is 0 Å². The van der Waals surface area contributed by atoms with E-state index in [9.17, 15) is 8.42 Å². The molecular formula is C26H38N4O5SSi. The molecule has 1 unspecified atom stereocenters. The van der Waals surface area contributed by atoms with Gasteiger partial charge in [0, 0.05) is 6.42 Å². The van der Waals surface area contributed by atoms with Gasteiger partial charge in [-0.3, -0.25) is 4.57 Å². The number of hydrogen-bond donors (Lipinski definition) is 0. The van der Waals surface area contributed by atoms with Crippen molar-refractivity contribution in [3.05, 3.63) is 41.5 Å². The molecule has 3 heterocycles. The summed E-state index contributed by atoms with van der Waals surface area (Å²) < 4.78 is 46.9. The van der Waals surface area contributed by atoms with Crippen LogP contribution in [0.15, 0.2) is 29.7 Å². The predicted molar refractivity (Wildman–Crippen MR) is 145 cm³/mol. The zero-order chi connectivity index (χ0) is 27.3. The number of nitrogens with zero attached hydrogens (tertiary/aromatic N) is 4. The number of aryl methyl sites for hydroxylation is 3. The third-order valence-electron chi connectivity index (χ3n) is 7.51. The Morgan fingerprint density at radius 3 is 2.35 bits per heavy atom. The van der Waals surface area contributed by atoms with E-state index in [4.69, 9.17) is 13.3 Å². The highest BCUT2D eigenvalue weighted by atomic mass is 32.2. The molecule has 1 aromatic carbocycles. The van der Waals surface area contributed by atoms with Crippen molar-refractivity contribution in [2.24, 2.45) is 0 Å². The Balaban J connectivity index is 1.63. The lowest BCUT2D eigenvalue weighted by molar-refractivity contribution is -0.0162. The summed E-state index contributed by atoms with van der Waals surface area (Å²) in [6.07, 6.45) is 3.92. The molecule has 2 aromatic heterocycles. The molecule has 0 radical (unpaired) electrons. The highest BCUT2D eigenvalue weighted by Crippen LogP contribution is 2.42. The molecule has 1 saturated heterocycles. The standard InChI is InChI=1S/C26H38N4O5SSi/c1-10-19-20(35-37(8,9)26(5,6)7)13-21(33-19)30-15-29-22-24(30)27-14-28-25(22)34-36(31,32)23-17(3)11-16(2)12-18(23)4/h11-12,14-15,19-21H,10,13H2,1-9H3/t19-,20?,21-/m1/s1. The lowest BCUT2D eigenvalue weighted by Gasteiger charge is -2.39. The van der Waals surface area contributed by atoms with Gasteiger partial charge in [-0.15, -0.1) is 0 Å². The van der Waals surface area contributed by atoms with Crippen LogP contribution in [0.5, 0.6) is 5.88 Å². The Morgan fingerprint density at radius 1 is 1.11 bits per heavy atom. The Labute approximate surface area is 220 Å². The van der Waals surface area contributed by atoms with E-state index in [0.29, 0.717) is 23.2 Å². The smallest absolute Gasteiger partial charge is 0.341 e. The highest BCUT2D eigenvalue weighted by molar-refractivity contribution is 7.87. The molecular weight excluding hydrogens is 508 g/mol. The van der Waals surface area contributed by atoms with Crippen molar-refractivity contribution in [1.82, 2.24) is 19.5 Å². The number of ether oxygens (including phenoxy) is 1. The molecule has 3 atom stereocenters. The maximum atomic E-state index is 13.2. The topological polar surface area (TPSA) is 105 Å². The fourth-order valence-electron chi connectivity index (χ4n) is 4.72. The molecule has 1 aliphatic rings. The van der Waals surface area contributed by atoms with Gasteiger partial charge in [-0.05, 0) is 56.5 Å². The van der Waals surface area contributed by atoms with E-state index < -0.39 is 18.4 Å². The Kier molecular flexibility index (Phi) is 7.30. The second kappa shape index (κ2) is 9.76. The van der Waals surface area contributed by atoms with Gasteiger partial charge in [0.15, 0.2) is 19.5 Å². The molecule has 11 heteroatoms. The zero-order valence-corrected chi connectivity index (χ0v) is 25.0. The van der Waals surface area contributed by atoms with Crippen molar-refractivity contribution in [3.63, 3.8) is 0 Å². The number of aromatic nitrogens is 4. The first-order chi connectivity index (χ1) is 17.1. The highest BCUT2D eigenvalue weighted by Gasteiger charge is 2.44. The quantitative estimate of drug-likeness (QED) is 0.278. The Bertz CT molecular complexity index is 1390. The number of rotatable bonds is 7. The first kappa shape index (κ1) is 27.7. The normalized spacial score (nSPS) is 21.1. The van der Waals surface area contributed by atoms with Gasteiger partial charge in [-0.1, -0.05) is 45.4 Å². The van der Waals surface area contributed by atoms with Crippen LogP contribution in [-0.4, -0.2) is 48.5 Å².